The van der Waals surface area contributed by atoms with E-state index in [0.717, 1.165) is 19.4 Å². The molecule has 0 atom stereocenters. The van der Waals surface area contributed by atoms with Crippen LogP contribution >= 0.6 is 0 Å². The molecule has 0 unspecified atom stereocenters. The Hall–Kier alpha value is -0.120. The molecule has 0 aromatic rings. The van der Waals surface area contributed by atoms with E-state index in [2.05, 4.69) is 5.32 Å². The fourth-order valence-corrected chi connectivity index (χ4v) is 1.77. The van der Waals surface area contributed by atoms with Crippen molar-refractivity contribution in [3.63, 3.8) is 0 Å². The van der Waals surface area contributed by atoms with Crippen molar-refractivity contribution < 1.29 is 9.84 Å². The van der Waals surface area contributed by atoms with Crippen LogP contribution in [-0.2, 0) is 4.74 Å². The Balaban J connectivity index is 2.09. The first-order chi connectivity index (χ1) is 5.86. The average molecular weight is 173 g/mol. The predicted molar refractivity (Wildman–Crippen MR) is 48.1 cm³/mol. The van der Waals surface area contributed by atoms with Crippen molar-refractivity contribution in [2.45, 2.75) is 37.8 Å². The lowest BCUT2D eigenvalue weighted by Gasteiger charge is -2.28. The van der Waals surface area contributed by atoms with Crippen LogP contribution < -0.4 is 5.32 Å². The Morgan fingerprint density at radius 2 is 2.00 bits per heavy atom. The zero-order valence-electron chi connectivity index (χ0n) is 7.75. The van der Waals surface area contributed by atoms with E-state index in [1.165, 1.54) is 12.8 Å². The number of aliphatic hydroxyl groups excluding tert-OH is 1. The summed E-state index contributed by atoms with van der Waals surface area (Å²) in [7, 11) is 1.78. The summed E-state index contributed by atoms with van der Waals surface area (Å²) < 4.78 is 5.27. The molecule has 1 aliphatic carbocycles. The van der Waals surface area contributed by atoms with E-state index < -0.39 is 0 Å². The van der Waals surface area contributed by atoms with Gasteiger partial charge in [0.2, 0.25) is 0 Å². The first-order valence-corrected chi connectivity index (χ1v) is 4.74. The molecule has 1 aliphatic rings. The number of hydrogen-bond donors (Lipinski definition) is 2. The number of methoxy groups -OCH3 is 1. The Labute approximate surface area is 74.1 Å². The van der Waals surface area contributed by atoms with Gasteiger partial charge in [0.15, 0.2) is 0 Å². The SMILES string of the molecule is COC1CCC(NCCO)CC1. The van der Waals surface area contributed by atoms with Gasteiger partial charge < -0.3 is 15.2 Å². The van der Waals surface area contributed by atoms with Crippen LogP contribution in [0.5, 0.6) is 0 Å². The van der Waals surface area contributed by atoms with E-state index in [-0.39, 0.29) is 6.61 Å². The molecule has 0 aromatic carbocycles. The summed E-state index contributed by atoms with van der Waals surface area (Å²) in [4.78, 5) is 0. The molecule has 0 spiro atoms. The normalized spacial score (nSPS) is 30.5. The summed E-state index contributed by atoms with van der Waals surface area (Å²) in [6.45, 7) is 0.965. The quantitative estimate of drug-likeness (QED) is 0.651. The maximum atomic E-state index is 8.61. The molecule has 0 heterocycles. The minimum Gasteiger partial charge on any atom is -0.395 e. The minimum atomic E-state index is 0.240. The van der Waals surface area contributed by atoms with Gasteiger partial charge in [-0.1, -0.05) is 0 Å². The van der Waals surface area contributed by atoms with Gasteiger partial charge in [-0.15, -0.1) is 0 Å². The molecule has 3 heteroatoms. The van der Waals surface area contributed by atoms with Crippen LogP contribution in [0.1, 0.15) is 25.7 Å². The van der Waals surface area contributed by atoms with Gasteiger partial charge in [-0.25, -0.2) is 0 Å². The summed E-state index contributed by atoms with van der Waals surface area (Å²) in [5, 5.41) is 11.9. The van der Waals surface area contributed by atoms with Gasteiger partial charge in [-0.05, 0) is 25.7 Å². The number of aliphatic hydroxyl groups is 1. The number of ether oxygens (including phenoxy) is 1. The highest BCUT2D eigenvalue weighted by Gasteiger charge is 2.19. The molecule has 0 amide bonds. The zero-order valence-corrected chi connectivity index (χ0v) is 7.75. The zero-order chi connectivity index (χ0) is 8.81. The van der Waals surface area contributed by atoms with E-state index in [4.69, 9.17) is 9.84 Å². The van der Waals surface area contributed by atoms with Crippen molar-refractivity contribution in [1.82, 2.24) is 5.32 Å². The Kier molecular flexibility index (Phi) is 4.58. The minimum absolute atomic E-state index is 0.240. The van der Waals surface area contributed by atoms with Gasteiger partial charge in [0.05, 0.1) is 12.7 Å². The average Bonchev–Trinajstić information content (AvgIpc) is 2.15. The number of hydrogen-bond acceptors (Lipinski definition) is 3. The van der Waals surface area contributed by atoms with E-state index in [0.29, 0.717) is 12.1 Å². The molecule has 3 nitrogen and oxygen atoms in total. The molecular formula is C9H19NO2. The Bertz CT molecular complexity index is 111. The van der Waals surface area contributed by atoms with Gasteiger partial charge >= 0.3 is 0 Å². The van der Waals surface area contributed by atoms with Gasteiger partial charge in [-0.2, -0.15) is 0 Å². The fraction of sp³-hybridized carbons (Fsp3) is 1.00. The molecule has 12 heavy (non-hydrogen) atoms. The second-order valence-electron chi connectivity index (χ2n) is 3.39. The van der Waals surface area contributed by atoms with Crippen molar-refractivity contribution in [2.24, 2.45) is 0 Å². The summed E-state index contributed by atoms with van der Waals surface area (Å²) in [5.74, 6) is 0. The summed E-state index contributed by atoms with van der Waals surface area (Å²) in [6.07, 6.45) is 5.13. The van der Waals surface area contributed by atoms with Crippen molar-refractivity contribution in [3.05, 3.63) is 0 Å². The molecule has 0 aromatic heterocycles. The third kappa shape index (κ3) is 3.09. The molecule has 0 aliphatic heterocycles. The van der Waals surface area contributed by atoms with Gasteiger partial charge in [0, 0.05) is 19.7 Å². The molecule has 0 bridgehead atoms. The Morgan fingerprint density at radius 3 is 2.50 bits per heavy atom. The second-order valence-corrected chi connectivity index (χ2v) is 3.39. The highest BCUT2D eigenvalue weighted by molar-refractivity contribution is 4.76. The van der Waals surface area contributed by atoms with Crippen molar-refractivity contribution in [1.29, 1.82) is 0 Å². The second kappa shape index (κ2) is 5.51. The monoisotopic (exact) mass is 173 g/mol. The molecule has 2 N–H and O–H groups in total. The van der Waals surface area contributed by atoms with E-state index in [1.807, 2.05) is 0 Å². The largest absolute Gasteiger partial charge is 0.395 e. The van der Waals surface area contributed by atoms with Crippen molar-refractivity contribution in [3.8, 4) is 0 Å². The van der Waals surface area contributed by atoms with Crippen molar-refractivity contribution in [2.75, 3.05) is 20.3 Å². The van der Waals surface area contributed by atoms with Gasteiger partial charge in [0.1, 0.15) is 0 Å². The third-order valence-corrected chi connectivity index (χ3v) is 2.55. The highest BCUT2D eigenvalue weighted by atomic mass is 16.5. The smallest absolute Gasteiger partial charge is 0.0572 e. The molecule has 0 saturated heterocycles. The predicted octanol–water partition coefficient (Wildman–Crippen LogP) is 0.526. The molecular weight excluding hydrogens is 154 g/mol. The molecule has 1 rings (SSSR count). The third-order valence-electron chi connectivity index (χ3n) is 2.55. The van der Waals surface area contributed by atoms with Crippen LogP contribution in [0.2, 0.25) is 0 Å². The van der Waals surface area contributed by atoms with Crippen LogP contribution in [0.4, 0.5) is 0 Å². The topological polar surface area (TPSA) is 41.5 Å². The number of rotatable bonds is 4. The van der Waals surface area contributed by atoms with Crippen LogP contribution in [0.25, 0.3) is 0 Å². The maximum Gasteiger partial charge on any atom is 0.0572 e. The molecule has 1 fully saturated rings. The van der Waals surface area contributed by atoms with Gasteiger partial charge in [-0.3, -0.25) is 0 Å². The summed E-state index contributed by atoms with van der Waals surface area (Å²) in [5.41, 5.74) is 0. The lowest BCUT2D eigenvalue weighted by molar-refractivity contribution is 0.0620. The van der Waals surface area contributed by atoms with Crippen molar-refractivity contribution >= 4 is 0 Å². The van der Waals surface area contributed by atoms with Crippen LogP contribution in [-0.4, -0.2) is 37.5 Å². The first-order valence-electron chi connectivity index (χ1n) is 4.74. The Morgan fingerprint density at radius 1 is 1.33 bits per heavy atom. The lowest BCUT2D eigenvalue weighted by Crippen LogP contribution is -2.36. The molecule has 0 radical (unpaired) electrons. The number of nitrogens with one attached hydrogen (secondary N) is 1. The van der Waals surface area contributed by atoms with Crippen LogP contribution in [0.15, 0.2) is 0 Å². The fourth-order valence-electron chi connectivity index (χ4n) is 1.77. The molecule has 72 valence electrons. The standard InChI is InChI=1S/C9H19NO2/c1-12-9-4-2-8(3-5-9)10-6-7-11/h8-11H,2-7H2,1H3. The van der Waals surface area contributed by atoms with E-state index >= 15 is 0 Å². The summed E-state index contributed by atoms with van der Waals surface area (Å²) >= 11 is 0. The highest BCUT2D eigenvalue weighted by Crippen LogP contribution is 2.20. The maximum absolute atomic E-state index is 8.61. The van der Waals surface area contributed by atoms with E-state index in [1.54, 1.807) is 7.11 Å². The van der Waals surface area contributed by atoms with Crippen LogP contribution in [0.3, 0.4) is 0 Å². The van der Waals surface area contributed by atoms with Gasteiger partial charge in [0.25, 0.3) is 0 Å². The first kappa shape index (κ1) is 9.96. The lowest BCUT2D eigenvalue weighted by atomic mass is 9.93. The van der Waals surface area contributed by atoms with E-state index in [9.17, 15) is 0 Å². The molecule has 1 saturated carbocycles. The van der Waals surface area contributed by atoms with Crippen LogP contribution in [0, 0.1) is 0 Å². The summed E-state index contributed by atoms with van der Waals surface area (Å²) in [6, 6.07) is 0.601.